The Hall–Kier alpha value is -3.53. The first-order valence-electron chi connectivity index (χ1n) is 11.7. The second kappa shape index (κ2) is 9.14. The summed E-state index contributed by atoms with van der Waals surface area (Å²) in [5.74, 6) is 1.74. The summed E-state index contributed by atoms with van der Waals surface area (Å²) < 4.78 is 12.3. The number of ether oxygens (including phenoxy) is 2. The predicted molar refractivity (Wildman–Crippen MR) is 131 cm³/mol. The Kier molecular flexibility index (Phi) is 5.91. The van der Waals surface area contributed by atoms with Gasteiger partial charge < -0.3 is 14.4 Å². The summed E-state index contributed by atoms with van der Waals surface area (Å²) in [6.45, 7) is 3.50. The fourth-order valence-corrected chi connectivity index (χ4v) is 4.65. The van der Waals surface area contributed by atoms with Gasteiger partial charge in [-0.2, -0.15) is 0 Å². The van der Waals surface area contributed by atoms with Crippen molar-refractivity contribution in [2.75, 3.05) is 19.7 Å². The van der Waals surface area contributed by atoms with E-state index in [0.29, 0.717) is 13.1 Å². The lowest BCUT2D eigenvalue weighted by Gasteiger charge is -2.42. The van der Waals surface area contributed by atoms with Crippen molar-refractivity contribution in [3.05, 3.63) is 90.0 Å². The van der Waals surface area contributed by atoms with Gasteiger partial charge in [0, 0.05) is 31.5 Å². The third-order valence-corrected chi connectivity index (χ3v) is 6.66. The van der Waals surface area contributed by atoms with Crippen molar-refractivity contribution in [1.29, 1.82) is 0 Å². The van der Waals surface area contributed by atoms with E-state index >= 15 is 0 Å². The van der Waals surface area contributed by atoms with Gasteiger partial charge in [-0.3, -0.25) is 4.79 Å². The molecule has 4 nitrogen and oxygen atoms in total. The van der Waals surface area contributed by atoms with Crippen molar-refractivity contribution in [2.45, 2.75) is 31.8 Å². The Morgan fingerprint density at radius 2 is 1.73 bits per heavy atom. The van der Waals surface area contributed by atoms with E-state index < -0.39 is 0 Å². The second-order valence-corrected chi connectivity index (χ2v) is 8.75. The van der Waals surface area contributed by atoms with Crippen molar-refractivity contribution in [3.8, 4) is 22.6 Å². The number of amides is 1. The lowest BCUT2D eigenvalue weighted by Crippen LogP contribution is -2.50. The first-order valence-corrected chi connectivity index (χ1v) is 11.7. The molecule has 168 valence electrons. The summed E-state index contributed by atoms with van der Waals surface area (Å²) in [6.07, 6.45) is 6.80. The number of benzene rings is 3. The quantitative estimate of drug-likeness (QED) is 0.507. The van der Waals surface area contributed by atoms with Gasteiger partial charge in [0.2, 0.25) is 0 Å². The molecule has 0 unspecified atom stereocenters. The zero-order valence-corrected chi connectivity index (χ0v) is 19.0. The molecule has 1 saturated heterocycles. The molecule has 5 rings (SSSR count). The molecule has 4 heteroatoms. The summed E-state index contributed by atoms with van der Waals surface area (Å²) in [7, 11) is 0. The molecule has 0 radical (unpaired) electrons. The van der Waals surface area contributed by atoms with Crippen LogP contribution in [-0.4, -0.2) is 36.1 Å². The molecule has 1 spiro atoms. The van der Waals surface area contributed by atoms with Crippen LogP contribution in [0.1, 0.15) is 30.9 Å². The number of hydrogen-bond donors (Lipinski definition) is 0. The third kappa shape index (κ3) is 4.51. The van der Waals surface area contributed by atoms with Crippen LogP contribution in [0.2, 0.25) is 0 Å². The molecule has 0 N–H and O–H groups in total. The maximum atomic E-state index is 12.8. The highest BCUT2D eigenvalue weighted by Gasteiger charge is 2.38. The van der Waals surface area contributed by atoms with Crippen LogP contribution in [0.25, 0.3) is 17.2 Å². The summed E-state index contributed by atoms with van der Waals surface area (Å²) in [5, 5.41) is 0. The molecule has 2 heterocycles. The van der Waals surface area contributed by atoms with Gasteiger partial charge in [0.15, 0.2) is 6.61 Å². The lowest BCUT2D eigenvalue weighted by atomic mass is 9.87. The van der Waals surface area contributed by atoms with E-state index in [0.717, 1.165) is 41.9 Å². The van der Waals surface area contributed by atoms with E-state index in [9.17, 15) is 4.79 Å². The normalized spacial score (nSPS) is 16.2. The number of likely N-dealkylation sites (tertiary alicyclic amines) is 1. The first kappa shape index (κ1) is 21.3. The van der Waals surface area contributed by atoms with Crippen molar-refractivity contribution >= 4 is 12.0 Å². The van der Waals surface area contributed by atoms with Crippen molar-refractivity contribution in [1.82, 2.24) is 4.90 Å². The molecule has 3 aromatic rings. The highest BCUT2D eigenvalue weighted by molar-refractivity contribution is 5.78. The number of fused-ring (bicyclic) bond motifs is 1. The van der Waals surface area contributed by atoms with Gasteiger partial charge in [0.25, 0.3) is 5.91 Å². The number of carbonyl (C=O) groups is 1. The van der Waals surface area contributed by atoms with Gasteiger partial charge in [0.05, 0.1) is 0 Å². The minimum absolute atomic E-state index is 0.0310. The molecule has 1 fully saturated rings. The molecule has 33 heavy (non-hydrogen) atoms. The highest BCUT2D eigenvalue weighted by Crippen LogP contribution is 2.38. The van der Waals surface area contributed by atoms with Crippen molar-refractivity contribution < 1.29 is 14.3 Å². The van der Waals surface area contributed by atoms with Gasteiger partial charge in [-0.25, -0.2) is 0 Å². The largest absolute Gasteiger partial charge is 0.483 e. The number of para-hydroxylation sites is 1. The number of hydrogen-bond acceptors (Lipinski definition) is 3. The lowest BCUT2D eigenvalue weighted by molar-refractivity contribution is -0.136. The number of carbonyl (C=O) groups excluding carboxylic acids is 1. The molecule has 1 amide bonds. The highest BCUT2D eigenvalue weighted by atomic mass is 16.5. The topological polar surface area (TPSA) is 38.8 Å². The average Bonchev–Trinajstić information content (AvgIpc) is 2.88. The Morgan fingerprint density at radius 3 is 2.52 bits per heavy atom. The monoisotopic (exact) mass is 439 g/mol. The molecular formula is C29H29NO3. The second-order valence-electron chi connectivity index (χ2n) is 8.75. The van der Waals surface area contributed by atoms with Crippen molar-refractivity contribution in [3.63, 3.8) is 0 Å². The molecule has 0 aliphatic carbocycles. The predicted octanol–water partition coefficient (Wildman–Crippen LogP) is 5.76. The summed E-state index contributed by atoms with van der Waals surface area (Å²) in [5.41, 5.74) is 4.27. The summed E-state index contributed by atoms with van der Waals surface area (Å²) in [4.78, 5) is 14.6. The molecule has 2 aliphatic heterocycles. The van der Waals surface area contributed by atoms with E-state index in [1.807, 2.05) is 35.2 Å². The van der Waals surface area contributed by atoms with Crippen LogP contribution in [0.4, 0.5) is 0 Å². The minimum Gasteiger partial charge on any atom is -0.483 e. The Bertz CT molecular complexity index is 1160. The van der Waals surface area contributed by atoms with E-state index in [-0.39, 0.29) is 18.1 Å². The molecule has 3 aromatic carbocycles. The first-order chi connectivity index (χ1) is 16.2. The molecule has 2 aliphatic rings. The fraction of sp³-hybridized carbons (Fsp3) is 0.276. The number of piperidine rings is 1. The van der Waals surface area contributed by atoms with Gasteiger partial charge in [0.1, 0.15) is 17.1 Å². The SMILES string of the molecule is CCc1ccccc1OCC(=O)N1CCC2(C=Cc3cc(-c4ccccc4)ccc3O2)CC1. The van der Waals surface area contributed by atoms with Gasteiger partial charge in [-0.1, -0.05) is 67.6 Å². The zero-order chi connectivity index (χ0) is 22.7. The zero-order valence-electron chi connectivity index (χ0n) is 19.0. The smallest absolute Gasteiger partial charge is 0.260 e. The van der Waals surface area contributed by atoms with Crippen LogP contribution in [0.15, 0.2) is 78.9 Å². The van der Waals surface area contributed by atoms with Gasteiger partial charge in [-0.15, -0.1) is 0 Å². The van der Waals surface area contributed by atoms with Crippen LogP contribution >= 0.6 is 0 Å². The maximum Gasteiger partial charge on any atom is 0.260 e. The van der Waals surface area contributed by atoms with Crippen LogP contribution < -0.4 is 9.47 Å². The van der Waals surface area contributed by atoms with E-state index in [2.05, 4.69) is 61.5 Å². The Balaban J connectivity index is 1.20. The van der Waals surface area contributed by atoms with E-state index in [4.69, 9.17) is 9.47 Å². The fourth-order valence-electron chi connectivity index (χ4n) is 4.65. The minimum atomic E-state index is -0.340. The molecule has 0 aromatic heterocycles. The van der Waals surface area contributed by atoms with E-state index in [1.165, 1.54) is 11.1 Å². The van der Waals surface area contributed by atoms with Crippen LogP contribution in [0.5, 0.6) is 11.5 Å². The van der Waals surface area contributed by atoms with E-state index in [1.54, 1.807) is 0 Å². The summed E-state index contributed by atoms with van der Waals surface area (Å²) in [6, 6.07) is 24.6. The van der Waals surface area contributed by atoms with Crippen molar-refractivity contribution in [2.24, 2.45) is 0 Å². The number of rotatable bonds is 5. The Labute approximate surface area is 195 Å². The summed E-state index contributed by atoms with van der Waals surface area (Å²) >= 11 is 0. The molecule has 0 atom stereocenters. The van der Waals surface area contributed by atoms with Gasteiger partial charge >= 0.3 is 0 Å². The maximum absolute atomic E-state index is 12.8. The number of aryl methyl sites for hydroxylation is 1. The van der Waals surface area contributed by atoms with Crippen LogP contribution in [-0.2, 0) is 11.2 Å². The molecule has 0 saturated carbocycles. The Morgan fingerprint density at radius 1 is 0.970 bits per heavy atom. The van der Waals surface area contributed by atoms with Crippen LogP contribution in [0, 0.1) is 0 Å². The molecule has 0 bridgehead atoms. The van der Waals surface area contributed by atoms with Gasteiger partial charge in [-0.05, 0) is 47.4 Å². The standard InChI is InChI=1S/C29H29NO3/c1-2-22-8-6-7-11-26(22)32-21-28(31)30-18-16-29(17-19-30)15-14-25-20-24(12-13-27(25)33-29)23-9-4-3-5-10-23/h3-15,20H,2,16-19,21H2,1H3. The number of nitrogens with zero attached hydrogens (tertiary/aromatic N) is 1. The molecular weight excluding hydrogens is 410 g/mol. The third-order valence-electron chi connectivity index (χ3n) is 6.66. The van der Waals surface area contributed by atoms with Crippen LogP contribution in [0.3, 0.4) is 0 Å². The average molecular weight is 440 g/mol.